The van der Waals surface area contributed by atoms with E-state index in [1.165, 1.54) is 37.0 Å². The molecular weight excluding hydrogens is 400 g/mol. The lowest BCUT2D eigenvalue weighted by molar-refractivity contribution is 0.102. The number of carbonyl (C=O) groups is 1. The van der Waals surface area contributed by atoms with Gasteiger partial charge in [0.1, 0.15) is 17.9 Å². The Morgan fingerprint density at radius 3 is 2.58 bits per heavy atom. The Bertz CT molecular complexity index is 1390. The average Bonchev–Trinajstić information content (AvgIpc) is 2.81. The summed E-state index contributed by atoms with van der Waals surface area (Å²) in [5.74, 6) is 0.0542. The molecule has 4 rings (SSSR count). The molecule has 0 fully saturated rings. The Balaban J connectivity index is 1.61. The van der Waals surface area contributed by atoms with Crippen LogP contribution in [0.3, 0.4) is 0 Å². The highest BCUT2D eigenvalue weighted by Crippen LogP contribution is 2.22. The first-order valence-electron chi connectivity index (χ1n) is 9.30. The number of fused-ring (bicyclic) bond motifs is 1. The summed E-state index contributed by atoms with van der Waals surface area (Å²) in [5, 5.41) is 2.90. The molecule has 1 N–H and O–H groups in total. The molecule has 0 spiro atoms. The minimum atomic E-state index is -0.553. The van der Waals surface area contributed by atoms with Crippen LogP contribution >= 0.6 is 0 Å². The number of carbonyl (C=O) groups excluding carboxylic acids is 1. The second kappa shape index (κ2) is 8.19. The van der Waals surface area contributed by atoms with Crippen molar-refractivity contribution in [2.24, 2.45) is 14.1 Å². The number of nitrogens with zero attached hydrogens (tertiary/aromatic N) is 5. The highest BCUT2D eigenvalue weighted by Gasteiger charge is 2.16. The van der Waals surface area contributed by atoms with Gasteiger partial charge in [0.2, 0.25) is 0 Å². The van der Waals surface area contributed by atoms with Crippen LogP contribution in [-0.4, -0.2) is 30.0 Å². The summed E-state index contributed by atoms with van der Waals surface area (Å²) in [6.45, 7) is 0.275. The molecule has 0 unspecified atom stereocenters. The zero-order valence-electron chi connectivity index (χ0n) is 16.8. The van der Waals surface area contributed by atoms with E-state index in [1.54, 1.807) is 24.5 Å². The fourth-order valence-corrected chi connectivity index (χ4v) is 2.99. The number of anilines is 1. The van der Waals surface area contributed by atoms with Gasteiger partial charge in [0.15, 0.2) is 11.6 Å². The van der Waals surface area contributed by atoms with Gasteiger partial charge in [-0.2, -0.15) is 0 Å². The van der Waals surface area contributed by atoms with Gasteiger partial charge in [-0.05, 0) is 42.0 Å². The number of nitrogens with one attached hydrogen (secondary N) is 1. The largest absolute Gasteiger partial charge is 0.485 e. The van der Waals surface area contributed by atoms with Crippen LogP contribution in [0.1, 0.15) is 16.1 Å². The van der Waals surface area contributed by atoms with Crippen molar-refractivity contribution in [2.45, 2.75) is 6.61 Å². The Kier molecular flexibility index (Phi) is 5.27. The van der Waals surface area contributed by atoms with Crippen molar-refractivity contribution < 1.29 is 9.53 Å². The third-order valence-corrected chi connectivity index (χ3v) is 4.68. The maximum absolute atomic E-state index is 12.8. The Hall–Kier alpha value is -4.34. The van der Waals surface area contributed by atoms with E-state index >= 15 is 0 Å². The zero-order chi connectivity index (χ0) is 22.0. The van der Waals surface area contributed by atoms with E-state index in [4.69, 9.17) is 4.74 Å². The third-order valence-electron chi connectivity index (χ3n) is 4.68. The molecule has 10 heteroatoms. The molecule has 156 valence electrons. The summed E-state index contributed by atoms with van der Waals surface area (Å²) in [4.78, 5) is 49.6. The van der Waals surface area contributed by atoms with E-state index in [1.807, 2.05) is 12.1 Å². The molecule has 31 heavy (non-hydrogen) atoms. The molecule has 10 nitrogen and oxygen atoms in total. The maximum Gasteiger partial charge on any atom is 0.332 e. The molecule has 4 aromatic heterocycles. The SMILES string of the molecule is Cn1c(=O)c2ccc(C(=O)Nc3ncccc3OCc3ccncc3)nc2n(C)c1=O. The molecule has 1 amide bonds. The normalized spacial score (nSPS) is 10.8. The Morgan fingerprint density at radius 1 is 1.03 bits per heavy atom. The zero-order valence-corrected chi connectivity index (χ0v) is 16.8. The van der Waals surface area contributed by atoms with E-state index in [-0.39, 0.29) is 29.2 Å². The summed E-state index contributed by atoms with van der Waals surface area (Å²) in [5.41, 5.74) is 0.0559. The third kappa shape index (κ3) is 3.90. The van der Waals surface area contributed by atoms with Gasteiger partial charge < -0.3 is 10.1 Å². The van der Waals surface area contributed by atoms with Gasteiger partial charge >= 0.3 is 5.69 Å². The Morgan fingerprint density at radius 2 is 1.81 bits per heavy atom. The lowest BCUT2D eigenvalue weighted by atomic mass is 10.2. The van der Waals surface area contributed by atoms with Crippen molar-refractivity contribution in [2.75, 3.05) is 5.32 Å². The molecule has 0 aliphatic heterocycles. The van der Waals surface area contributed by atoms with E-state index in [2.05, 4.69) is 20.3 Å². The van der Waals surface area contributed by atoms with E-state index < -0.39 is 17.2 Å². The molecule has 0 radical (unpaired) electrons. The van der Waals surface area contributed by atoms with Gasteiger partial charge in [-0.1, -0.05) is 0 Å². The van der Waals surface area contributed by atoms with Crippen LogP contribution in [0.5, 0.6) is 5.75 Å². The minimum Gasteiger partial charge on any atom is -0.485 e. The minimum absolute atomic E-state index is 0.0292. The van der Waals surface area contributed by atoms with Crippen LogP contribution in [0, 0.1) is 0 Å². The number of hydrogen-bond donors (Lipinski definition) is 1. The molecule has 0 atom stereocenters. The smallest absolute Gasteiger partial charge is 0.332 e. The lowest BCUT2D eigenvalue weighted by Crippen LogP contribution is -2.37. The molecule has 0 aromatic carbocycles. The predicted octanol–water partition coefficient (Wildman–Crippen LogP) is 1.25. The number of rotatable bonds is 5. The highest BCUT2D eigenvalue weighted by molar-refractivity contribution is 6.04. The van der Waals surface area contributed by atoms with Crippen LogP contribution in [0.2, 0.25) is 0 Å². The van der Waals surface area contributed by atoms with Crippen molar-refractivity contribution in [1.29, 1.82) is 0 Å². The standard InChI is InChI=1S/C21H18N6O4/c1-26-18-14(20(29)27(2)21(26)30)5-6-15(24-18)19(28)25-17-16(4-3-9-23-17)31-12-13-7-10-22-11-8-13/h3-11H,12H2,1-2H3,(H,23,25,28). The van der Waals surface area contributed by atoms with Crippen LogP contribution in [0.25, 0.3) is 11.0 Å². The summed E-state index contributed by atoms with van der Waals surface area (Å²) in [6, 6.07) is 9.91. The number of aromatic nitrogens is 5. The fourth-order valence-electron chi connectivity index (χ4n) is 2.99. The molecule has 0 aliphatic rings. The molecular formula is C21H18N6O4. The number of amides is 1. The number of aryl methyl sites for hydroxylation is 1. The van der Waals surface area contributed by atoms with E-state index in [9.17, 15) is 14.4 Å². The molecule has 4 heterocycles. The van der Waals surface area contributed by atoms with Gasteiger partial charge in [-0.3, -0.25) is 23.7 Å². The first-order valence-corrected chi connectivity index (χ1v) is 9.30. The van der Waals surface area contributed by atoms with Gasteiger partial charge in [0, 0.05) is 32.7 Å². The number of ether oxygens (including phenoxy) is 1. The second-order valence-corrected chi connectivity index (χ2v) is 6.72. The van der Waals surface area contributed by atoms with Gasteiger partial charge in [-0.25, -0.2) is 14.8 Å². The average molecular weight is 418 g/mol. The van der Waals surface area contributed by atoms with Crippen molar-refractivity contribution in [1.82, 2.24) is 24.1 Å². The molecule has 0 saturated heterocycles. The predicted molar refractivity (Wildman–Crippen MR) is 113 cm³/mol. The summed E-state index contributed by atoms with van der Waals surface area (Å²) in [6.07, 6.45) is 4.85. The monoisotopic (exact) mass is 418 g/mol. The van der Waals surface area contributed by atoms with Crippen molar-refractivity contribution >= 4 is 22.8 Å². The molecule has 0 saturated carbocycles. The summed E-state index contributed by atoms with van der Waals surface area (Å²) < 4.78 is 7.99. The van der Waals surface area contributed by atoms with E-state index in [0.717, 1.165) is 10.1 Å². The van der Waals surface area contributed by atoms with Gasteiger partial charge in [-0.15, -0.1) is 0 Å². The van der Waals surface area contributed by atoms with Crippen molar-refractivity contribution in [3.05, 3.63) is 87.1 Å². The van der Waals surface area contributed by atoms with E-state index in [0.29, 0.717) is 5.75 Å². The topological polar surface area (TPSA) is 121 Å². The second-order valence-electron chi connectivity index (χ2n) is 6.72. The molecule has 4 aromatic rings. The molecule has 0 bridgehead atoms. The molecule has 0 aliphatic carbocycles. The van der Waals surface area contributed by atoms with Crippen LogP contribution < -0.4 is 21.3 Å². The first-order chi connectivity index (χ1) is 15.0. The lowest BCUT2D eigenvalue weighted by Gasteiger charge is -2.12. The van der Waals surface area contributed by atoms with Crippen LogP contribution in [0.4, 0.5) is 5.82 Å². The van der Waals surface area contributed by atoms with Crippen LogP contribution in [0.15, 0.2) is 64.6 Å². The first kappa shape index (κ1) is 20.0. The summed E-state index contributed by atoms with van der Waals surface area (Å²) in [7, 11) is 2.88. The fraction of sp³-hybridized carbons (Fsp3) is 0.143. The quantitative estimate of drug-likeness (QED) is 0.518. The highest BCUT2D eigenvalue weighted by atomic mass is 16.5. The number of hydrogen-bond acceptors (Lipinski definition) is 7. The van der Waals surface area contributed by atoms with Crippen molar-refractivity contribution in [3.63, 3.8) is 0 Å². The van der Waals surface area contributed by atoms with Crippen LogP contribution in [-0.2, 0) is 20.7 Å². The van der Waals surface area contributed by atoms with Gasteiger partial charge in [0.05, 0.1) is 5.39 Å². The van der Waals surface area contributed by atoms with Gasteiger partial charge in [0.25, 0.3) is 11.5 Å². The Labute approximate surface area is 175 Å². The maximum atomic E-state index is 12.8. The summed E-state index contributed by atoms with van der Waals surface area (Å²) >= 11 is 0. The number of pyridine rings is 3. The van der Waals surface area contributed by atoms with Crippen molar-refractivity contribution in [3.8, 4) is 5.75 Å².